The molecule has 1 aliphatic carbocycles. The Kier molecular flexibility index (Phi) is 4.30. The van der Waals surface area contributed by atoms with Crippen molar-refractivity contribution in [2.24, 2.45) is 0 Å². The summed E-state index contributed by atoms with van der Waals surface area (Å²) in [5, 5.41) is 12.2. The van der Waals surface area contributed by atoms with Crippen LogP contribution in [0, 0.1) is 6.92 Å². The van der Waals surface area contributed by atoms with Crippen LogP contribution in [-0.2, 0) is 19.4 Å². The molecule has 1 unspecified atom stereocenters. The number of hydrogen-bond donors (Lipinski definition) is 2. The molecule has 0 saturated heterocycles. The summed E-state index contributed by atoms with van der Waals surface area (Å²) in [7, 11) is 0. The first-order valence-corrected chi connectivity index (χ1v) is 10.4. The van der Waals surface area contributed by atoms with Gasteiger partial charge in [0.1, 0.15) is 18.7 Å². The van der Waals surface area contributed by atoms with Crippen LogP contribution in [0.2, 0.25) is 0 Å². The van der Waals surface area contributed by atoms with Crippen LogP contribution in [0.4, 0.5) is 0 Å². The van der Waals surface area contributed by atoms with E-state index in [1.54, 1.807) is 16.2 Å². The van der Waals surface area contributed by atoms with E-state index < -0.39 is 0 Å². The molecule has 2 aliphatic rings. The number of quaternary nitrogens is 1. The summed E-state index contributed by atoms with van der Waals surface area (Å²) in [4.78, 5) is 1.58. The molecule has 3 aromatic rings. The maximum Gasteiger partial charge on any atom is 0.129 e. The van der Waals surface area contributed by atoms with Gasteiger partial charge in [0.25, 0.3) is 0 Å². The van der Waals surface area contributed by atoms with Crippen molar-refractivity contribution in [2.75, 3.05) is 13.1 Å². The second kappa shape index (κ2) is 6.81. The van der Waals surface area contributed by atoms with E-state index in [0.717, 1.165) is 26.1 Å². The molecular formula is C24H29N2O+. The summed E-state index contributed by atoms with van der Waals surface area (Å²) in [6, 6.07) is 17.9. The Balaban J connectivity index is 1.43. The second-order valence-electron chi connectivity index (χ2n) is 8.44. The van der Waals surface area contributed by atoms with Crippen molar-refractivity contribution in [2.45, 2.75) is 51.3 Å². The number of benzene rings is 2. The smallest absolute Gasteiger partial charge is 0.129 e. The number of fused-ring (bicyclic) bond motifs is 3. The molecule has 3 heteroatoms. The van der Waals surface area contributed by atoms with Crippen LogP contribution >= 0.6 is 0 Å². The van der Waals surface area contributed by atoms with Gasteiger partial charge in [-0.15, -0.1) is 0 Å². The molecule has 2 heterocycles. The average molecular weight is 362 g/mol. The number of aliphatic hydroxyl groups excluding tert-OH is 1. The minimum atomic E-state index is -0.272. The van der Waals surface area contributed by atoms with Crippen molar-refractivity contribution in [3.63, 3.8) is 0 Å². The number of aryl methyl sites for hydroxylation is 2. The molecule has 1 aromatic heterocycles. The zero-order chi connectivity index (χ0) is 18.4. The van der Waals surface area contributed by atoms with E-state index in [0.29, 0.717) is 6.04 Å². The third kappa shape index (κ3) is 2.99. The van der Waals surface area contributed by atoms with Gasteiger partial charge in [-0.1, -0.05) is 42.0 Å². The highest BCUT2D eigenvalue weighted by atomic mass is 16.3. The van der Waals surface area contributed by atoms with Gasteiger partial charge in [-0.3, -0.25) is 0 Å². The molecule has 1 aliphatic heterocycles. The quantitative estimate of drug-likeness (QED) is 0.735. The first kappa shape index (κ1) is 17.0. The Hall–Kier alpha value is -2.10. The zero-order valence-electron chi connectivity index (χ0n) is 16.1. The number of nitrogens with zero attached hydrogens (tertiary/aromatic N) is 1. The fraction of sp³-hybridized carbons (Fsp3) is 0.417. The molecule has 27 heavy (non-hydrogen) atoms. The molecule has 140 valence electrons. The molecule has 3 nitrogen and oxygen atoms in total. The first-order valence-electron chi connectivity index (χ1n) is 10.4. The standard InChI is InChI=1S/C24H28N2O/c1-17-10-11-22-21(14-17)20-8-5-9-23-24(20)26(22)13-12-25(23)16-19(27)15-18-6-3-2-4-7-18/h2-4,6-7,10-11,14,19,23,27H,5,8-9,12-13,15-16H2,1H3/p+1/t19-,23-/m1/s1. The molecule has 0 amide bonds. The predicted octanol–water partition coefficient (Wildman–Crippen LogP) is 2.83. The highest BCUT2D eigenvalue weighted by molar-refractivity contribution is 5.86. The Morgan fingerprint density at radius 3 is 2.89 bits per heavy atom. The lowest BCUT2D eigenvalue weighted by Crippen LogP contribution is -3.14. The molecule has 0 bridgehead atoms. The summed E-state index contributed by atoms with van der Waals surface area (Å²) in [6.45, 7) is 5.22. The summed E-state index contributed by atoms with van der Waals surface area (Å²) >= 11 is 0. The van der Waals surface area contributed by atoms with Gasteiger partial charge in [0.05, 0.1) is 18.8 Å². The molecule has 2 aromatic carbocycles. The number of hydrogen-bond acceptors (Lipinski definition) is 1. The Labute approximate surface area is 161 Å². The summed E-state index contributed by atoms with van der Waals surface area (Å²) in [6.07, 6.45) is 4.20. The molecule has 0 fully saturated rings. The number of rotatable bonds is 4. The third-order valence-corrected chi connectivity index (χ3v) is 6.58. The molecule has 0 spiro atoms. The van der Waals surface area contributed by atoms with Crippen LogP contribution in [0.5, 0.6) is 0 Å². The molecule has 2 N–H and O–H groups in total. The zero-order valence-corrected chi connectivity index (χ0v) is 16.1. The fourth-order valence-electron chi connectivity index (χ4n) is 5.41. The Bertz CT molecular complexity index is 959. The van der Waals surface area contributed by atoms with Crippen LogP contribution in [0.3, 0.4) is 0 Å². The maximum atomic E-state index is 10.8. The lowest BCUT2D eigenvalue weighted by molar-refractivity contribution is -0.939. The van der Waals surface area contributed by atoms with Crippen LogP contribution in [-0.4, -0.2) is 28.9 Å². The predicted molar refractivity (Wildman–Crippen MR) is 109 cm³/mol. The van der Waals surface area contributed by atoms with E-state index >= 15 is 0 Å². The fourth-order valence-corrected chi connectivity index (χ4v) is 5.41. The van der Waals surface area contributed by atoms with Gasteiger partial charge < -0.3 is 14.6 Å². The third-order valence-electron chi connectivity index (χ3n) is 6.58. The summed E-state index contributed by atoms with van der Waals surface area (Å²) < 4.78 is 2.58. The van der Waals surface area contributed by atoms with Crippen molar-refractivity contribution >= 4 is 10.9 Å². The SMILES string of the molecule is Cc1ccc2c(c1)c1c3n2CC[NH+](C[C@H](O)Cc2ccccc2)[C@@H]3CCC1. The van der Waals surface area contributed by atoms with Gasteiger partial charge in [0.15, 0.2) is 0 Å². The van der Waals surface area contributed by atoms with Crippen LogP contribution in [0.25, 0.3) is 10.9 Å². The van der Waals surface area contributed by atoms with Crippen molar-refractivity contribution in [3.05, 3.63) is 70.9 Å². The normalized spacial score (nSPS) is 22.6. The topological polar surface area (TPSA) is 29.6 Å². The van der Waals surface area contributed by atoms with E-state index in [2.05, 4.69) is 54.0 Å². The summed E-state index contributed by atoms with van der Waals surface area (Å²) in [5.74, 6) is 0. The first-order chi connectivity index (χ1) is 13.2. The number of nitrogens with one attached hydrogen (secondary N) is 1. The molecular weight excluding hydrogens is 332 g/mol. The van der Waals surface area contributed by atoms with E-state index in [1.165, 1.54) is 41.3 Å². The van der Waals surface area contributed by atoms with Crippen LogP contribution in [0.1, 0.15) is 41.3 Å². The second-order valence-corrected chi connectivity index (χ2v) is 8.44. The average Bonchev–Trinajstić information content (AvgIpc) is 2.99. The van der Waals surface area contributed by atoms with Gasteiger partial charge in [0.2, 0.25) is 0 Å². The van der Waals surface area contributed by atoms with Gasteiger partial charge in [-0.25, -0.2) is 0 Å². The number of aliphatic hydroxyl groups is 1. The molecule has 5 rings (SSSR count). The van der Waals surface area contributed by atoms with Gasteiger partial charge >= 0.3 is 0 Å². The van der Waals surface area contributed by atoms with Crippen molar-refractivity contribution in [1.29, 1.82) is 0 Å². The molecule has 0 saturated carbocycles. The monoisotopic (exact) mass is 361 g/mol. The van der Waals surface area contributed by atoms with E-state index in [4.69, 9.17) is 0 Å². The highest BCUT2D eigenvalue weighted by Gasteiger charge is 2.38. The van der Waals surface area contributed by atoms with Gasteiger partial charge in [0, 0.05) is 23.7 Å². The number of aromatic nitrogens is 1. The lowest BCUT2D eigenvalue weighted by Gasteiger charge is -2.38. The van der Waals surface area contributed by atoms with Crippen LogP contribution in [0.15, 0.2) is 48.5 Å². The maximum absolute atomic E-state index is 10.8. The summed E-state index contributed by atoms with van der Waals surface area (Å²) in [5.41, 5.74) is 7.15. The molecule has 3 atom stereocenters. The Morgan fingerprint density at radius 1 is 1.19 bits per heavy atom. The van der Waals surface area contributed by atoms with Gasteiger partial charge in [-0.2, -0.15) is 0 Å². The van der Waals surface area contributed by atoms with Crippen molar-refractivity contribution in [3.8, 4) is 0 Å². The van der Waals surface area contributed by atoms with E-state index in [1.807, 2.05) is 6.07 Å². The lowest BCUT2D eigenvalue weighted by atomic mass is 9.89. The van der Waals surface area contributed by atoms with Crippen molar-refractivity contribution < 1.29 is 10.0 Å². The highest BCUT2D eigenvalue weighted by Crippen LogP contribution is 2.37. The van der Waals surface area contributed by atoms with Crippen LogP contribution < -0.4 is 4.90 Å². The van der Waals surface area contributed by atoms with Gasteiger partial charge in [-0.05, 0) is 43.0 Å². The molecule has 0 radical (unpaired) electrons. The minimum absolute atomic E-state index is 0.272. The van der Waals surface area contributed by atoms with E-state index in [9.17, 15) is 5.11 Å². The largest absolute Gasteiger partial charge is 0.387 e. The van der Waals surface area contributed by atoms with Crippen molar-refractivity contribution in [1.82, 2.24) is 4.57 Å². The minimum Gasteiger partial charge on any atom is -0.387 e. The Morgan fingerprint density at radius 2 is 2.04 bits per heavy atom. The van der Waals surface area contributed by atoms with E-state index in [-0.39, 0.29) is 6.10 Å².